The van der Waals surface area contributed by atoms with E-state index in [9.17, 15) is 20.1 Å². The van der Waals surface area contributed by atoms with E-state index < -0.39 is 55.0 Å². The summed E-state index contributed by atoms with van der Waals surface area (Å²) in [5.41, 5.74) is 0. The molecule has 0 radical (unpaired) electrons. The van der Waals surface area contributed by atoms with E-state index >= 15 is 0 Å². The van der Waals surface area contributed by atoms with Gasteiger partial charge in [0.05, 0.1) is 0 Å². The third kappa shape index (κ3) is 3.73. The molecule has 26 heavy (non-hydrogen) atoms. The van der Waals surface area contributed by atoms with Crippen molar-refractivity contribution in [3.63, 3.8) is 0 Å². The Bertz CT molecular complexity index is 530. The van der Waals surface area contributed by atoms with Crippen LogP contribution in [0.4, 0.5) is 0 Å². The zero-order chi connectivity index (χ0) is 19.2. The van der Waals surface area contributed by atoms with Gasteiger partial charge in [-0.3, -0.25) is 4.79 Å². The fraction of sp³-hybridized carbons (Fsp3) is 0.938. The van der Waals surface area contributed by atoms with Crippen LogP contribution in [-0.2, 0) is 28.5 Å². The highest BCUT2D eigenvalue weighted by molar-refractivity contribution is 5.73. The number of carbonyl (C=O) groups is 1. The molecule has 0 aliphatic carbocycles. The number of nitrogens with zero attached hydrogens (tertiary/aromatic N) is 1. The lowest BCUT2D eigenvalue weighted by Gasteiger charge is -2.30. The molecule has 0 aromatic heterocycles. The molecule has 3 rings (SSSR count). The Morgan fingerprint density at radius 2 is 1.65 bits per heavy atom. The van der Waals surface area contributed by atoms with Gasteiger partial charge in [0.2, 0.25) is 5.91 Å². The Labute approximate surface area is 151 Å². The number of carbonyl (C=O) groups excluding carboxylic acids is 1. The second-order valence-electron chi connectivity index (χ2n) is 7.32. The van der Waals surface area contributed by atoms with Gasteiger partial charge >= 0.3 is 0 Å². The summed E-state index contributed by atoms with van der Waals surface area (Å²) in [4.78, 5) is 13.4. The fourth-order valence-electron chi connectivity index (χ4n) is 3.54. The molecule has 0 unspecified atom stereocenters. The summed E-state index contributed by atoms with van der Waals surface area (Å²) in [5.74, 6) is -1.12. The van der Waals surface area contributed by atoms with E-state index in [0.29, 0.717) is 0 Å². The maximum atomic E-state index is 12.0. The molecule has 3 aliphatic heterocycles. The zero-order valence-corrected chi connectivity index (χ0v) is 15.3. The number of amides is 1. The Morgan fingerprint density at radius 3 is 2.15 bits per heavy atom. The Hall–Kier alpha value is -0.850. The lowest BCUT2D eigenvalue weighted by Crippen LogP contribution is -2.47. The summed E-state index contributed by atoms with van der Waals surface area (Å²) in [5, 5.41) is 30.4. The molecule has 3 aliphatic rings. The van der Waals surface area contributed by atoms with Crippen LogP contribution in [0.2, 0.25) is 0 Å². The van der Waals surface area contributed by atoms with E-state index in [2.05, 4.69) is 0 Å². The molecule has 1 amide bonds. The molecule has 10 heteroatoms. The Balaban J connectivity index is 1.61. The van der Waals surface area contributed by atoms with Crippen molar-refractivity contribution < 1.29 is 43.8 Å². The minimum Gasteiger partial charge on any atom is -0.387 e. The molecule has 0 saturated carbocycles. The third-order valence-electron chi connectivity index (χ3n) is 4.91. The predicted octanol–water partition coefficient (Wildman–Crippen LogP) is -1.83. The molecule has 0 bridgehead atoms. The van der Waals surface area contributed by atoms with Crippen molar-refractivity contribution in [1.29, 1.82) is 0 Å². The van der Waals surface area contributed by atoms with E-state index in [1.165, 1.54) is 18.9 Å². The SMILES string of the molecule is CO[C@@H]1O[C@H](CN(C[C@H]2O[C@@H]3OC(C)(C)O[C@@H]3[C@H]2O)C(C)=O)[C@@H](O)[C@H]1O. The van der Waals surface area contributed by atoms with Crippen LogP contribution in [0.5, 0.6) is 0 Å². The number of aliphatic hydroxyl groups excluding tert-OH is 3. The normalized spacial score (nSPS) is 44.3. The van der Waals surface area contributed by atoms with Gasteiger partial charge in [0, 0.05) is 27.1 Å². The number of fused-ring (bicyclic) bond motifs is 1. The molecule has 10 nitrogen and oxygen atoms in total. The number of ether oxygens (including phenoxy) is 5. The van der Waals surface area contributed by atoms with Crippen LogP contribution in [-0.4, -0.2) is 101 Å². The van der Waals surface area contributed by atoms with Crippen molar-refractivity contribution in [2.45, 2.75) is 75.8 Å². The minimum absolute atomic E-state index is 0.0164. The van der Waals surface area contributed by atoms with Crippen molar-refractivity contribution in [3.05, 3.63) is 0 Å². The van der Waals surface area contributed by atoms with Gasteiger partial charge in [0.25, 0.3) is 0 Å². The number of methoxy groups -OCH3 is 1. The molecule has 150 valence electrons. The number of rotatable bonds is 5. The van der Waals surface area contributed by atoms with E-state index in [-0.39, 0.29) is 19.0 Å². The van der Waals surface area contributed by atoms with Crippen LogP contribution in [0.15, 0.2) is 0 Å². The first-order valence-corrected chi connectivity index (χ1v) is 8.62. The molecule has 0 aromatic rings. The minimum atomic E-state index is -1.20. The second kappa shape index (κ2) is 7.28. The lowest BCUT2D eigenvalue weighted by molar-refractivity contribution is -0.217. The van der Waals surface area contributed by atoms with Gasteiger partial charge in [-0.1, -0.05) is 0 Å². The Kier molecular flexibility index (Phi) is 5.58. The molecule has 0 spiro atoms. The molecule has 3 fully saturated rings. The zero-order valence-electron chi connectivity index (χ0n) is 15.3. The number of hydrogen-bond donors (Lipinski definition) is 3. The fourth-order valence-corrected chi connectivity index (χ4v) is 3.54. The largest absolute Gasteiger partial charge is 0.387 e. The third-order valence-corrected chi connectivity index (χ3v) is 4.91. The van der Waals surface area contributed by atoms with Crippen LogP contribution in [0.1, 0.15) is 20.8 Å². The second-order valence-corrected chi connectivity index (χ2v) is 7.32. The molecule has 3 N–H and O–H groups in total. The highest BCUT2D eigenvalue weighted by atomic mass is 16.8. The Morgan fingerprint density at radius 1 is 1.04 bits per heavy atom. The smallest absolute Gasteiger partial charge is 0.219 e. The first kappa shape index (κ1) is 19.9. The maximum absolute atomic E-state index is 12.0. The van der Waals surface area contributed by atoms with Crippen molar-refractivity contribution in [2.75, 3.05) is 20.2 Å². The average Bonchev–Trinajstić information content (AvgIpc) is 3.11. The lowest BCUT2D eigenvalue weighted by atomic mass is 10.1. The van der Waals surface area contributed by atoms with Gasteiger partial charge in [0.15, 0.2) is 18.4 Å². The summed E-state index contributed by atoms with van der Waals surface area (Å²) in [6.45, 7) is 4.91. The van der Waals surface area contributed by atoms with Crippen LogP contribution in [0.25, 0.3) is 0 Å². The standard InChI is InChI=1S/C16H27NO9/c1-7(18)17(5-8-10(19)12(21)14(22-4)23-8)6-9-11(20)13-15(24-9)26-16(2,3)25-13/h8-15,19-21H,5-6H2,1-4H3/t8-,9-,10-,11+,12-,13-,14-,15-/m1/s1. The molecular formula is C16H27NO9. The van der Waals surface area contributed by atoms with E-state index in [0.717, 1.165) is 0 Å². The van der Waals surface area contributed by atoms with Crippen molar-refractivity contribution in [3.8, 4) is 0 Å². The highest BCUT2D eigenvalue weighted by Crippen LogP contribution is 2.37. The molecule has 3 heterocycles. The topological polar surface area (TPSA) is 127 Å². The van der Waals surface area contributed by atoms with Gasteiger partial charge in [-0.15, -0.1) is 0 Å². The molecular weight excluding hydrogens is 350 g/mol. The summed E-state index contributed by atoms with van der Waals surface area (Å²) < 4.78 is 27.3. The number of hydrogen-bond acceptors (Lipinski definition) is 9. The van der Waals surface area contributed by atoms with Crippen LogP contribution >= 0.6 is 0 Å². The van der Waals surface area contributed by atoms with Crippen molar-refractivity contribution in [2.24, 2.45) is 0 Å². The van der Waals surface area contributed by atoms with E-state index in [4.69, 9.17) is 23.7 Å². The summed E-state index contributed by atoms with van der Waals surface area (Å²) in [6, 6.07) is 0. The van der Waals surface area contributed by atoms with Gasteiger partial charge in [-0.2, -0.15) is 0 Å². The quantitative estimate of drug-likeness (QED) is 0.507. The monoisotopic (exact) mass is 377 g/mol. The van der Waals surface area contributed by atoms with Crippen molar-refractivity contribution in [1.82, 2.24) is 4.90 Å². The van der Waals surface area contributed by atoms with Crippen molar-refractivity contribution >= 4 is 5.91 Å². The molecule has 3 saturated heterocycles. The van der Waals surface area contributed by atoms with Crippen LogP contribution < -0.4 is 0 Å². The molecule has 8 atom stereocenters. The van der Waals surface area contributed by atoms with Gasteiger partial charge in [-0.25, -0.2) is 0 Å². The van der Waals surface area contributed by atoms with Crippen LogP contribution in [0, 0.1) is 0 Å². The first-order chi connectivity index (χ1) is 12.1. The van der Waals surface area contributed by atoms with Gasteiger partial charge in [0.1, 0.15) is 36.6 Å². The van der Waals surface area contributed by atoms with Crippen LogP contribution in [0.3, 0.4) is 0 Å². The van der Waals surface area contributed by atoms with Gasteiger partial charge in [-0.05, 0) is 13.8 Å². The predicted molar refractivity (Wildman–Crippen MR) is 84.6 cm³/mol. The number of aliphatic hydroxyl groups is 3. The van der Waals surface area contributed by atoms with E-state index in [1.807, 2.05) is 0 Å². The van der Waals surface area contributed by atoms with E-state index in [1.54, 1.807) is 13.8 Å². The average molecular weight is 377 g/mol. The first-order valence-electron chi connectivity index (χ1n) is 8.62. The summed E-state index contributed by atoms with van der Waals surface area (Å²) >= 11 is 0. The maximum Gasteiger partial charge on any atom is 0.219 e. The summed E-state index contributed by atoms with van der Waals surface area (Å²) in [7, 11) is 1.36. The molecule has 0 aromatic carbocycles. The van der Waals surface area contributed by atoms with Gasteiger partial charge < -0.3 is 43.9 Å². The highest BCUT2D eigenvalue weighted by Gasteiger charge is 2.54. The summed E-state index contributed by atoms with van der Waals surface area (Å²) in [6.07, 6.45) is -7.16.